The van der Waals surface area contributed by atoms with E-state index in [0.29, 0.717) is 0 Å². The maximum Gasteiger partial charge on any atom is 0.147 e. The van der Waals surface area contributed by atoms with Gasteiger partial charge in [-0.25, -0.2) is 4.98 Å². The van der Waals surface area contributed by atoms with Gasteiger partial charge in [0.2, 0.25) is 0 Å². The Bertz CT molecular complexity index is 550. The Balaban J connectivity index is 1.77. The zero-order valence-corrected chi connectivity index (χ0v) is 11.1. The fraction of sp³-hybridized carbons (Fsp3) is 0.333. The van der Waals surface area contributed by atoms with E-state index >= 15 is 0 Å². The summed E-state index contributed by atoms with van der Waals surface area (Å²) in [7, 11) is 1.91. The molecule has 1 aromatic heterocycles. The predicted molar refractivity (Wildman–Crippen MR) is 76.0 cm³/mol. The number of rotatable bonds is 3. The summed E-state index contributed by atoms with van der Waals surface area (Å²) < 4.78 is 0. The van der Waals surface area contributed by atoms with Crippen molar-refractivity contribution < 1.29 is 0 Å². The van der Waals surface area contributed by atoms with Crippen molar-refractivity contribution in [2.24, 2.45) is 0 Å². The van der Waals surface area contributed by atoms with Crippen LogP contribution in [0.15, 0.2) is 36.7 Å². The van der Waals surface area contributed by atoms with Gasteiger partial charge in [0.05, 0.1) is 18.1 Å². The van der Waals surface area contributed by atoms with Gasteiger partial charge in [-0.05, 0) is 24.6 Å². The zero-order valence-electron chi connectivity index (χ0n) is 11.1. The van der Waals surface area contributed by atoms with Gasteiger partial charge in [-0.15, -0.1) is 0 Å². The molecule has 4 nitrogen and oxygen atoms in total. The van der Waals surface area contributed by atoms with Crippen molar-refractivity contribution >= 4 is 5.82 Å². The minimum atomic E-state index is 0.760. The Hall–Kier alpha value is -1.94. The average Bonchev–Trinajstić information content (AvgIpc) is 2.48. The van der Waals surface area contributed by atoms with Crippen LogP contribution in [0.1, 0.15) is 16.8 Å². The van der Waals surface area contributed by atoms with Crippen LogP contribution in [0.25, 0.3) is 0 Å². The molecule has 4 heteroatoms. The van der Waals surface area contributed by atoms with Crippen molar-refractivity contribution in [1.82, 2.24) is 15.3 Å². The van der Waals surface area contributed by atoms with Gasteiger partial charge in [-0.3, -0.25) is 4.98 Å². The van der Waals surface area contributed by atoms with Gasteiger partial charge in [0, 0.05) is 19.6 Å². The molecule has 0 aliphatic carbocycles. The van der Waals surface area contributed by atoms with Crippen molar-refractivity contribution in [2.45, 2.75) is 19.5 Å². The van der Waals surface area contributed by atoms with E-state index in [1.165, 1.54) is 11.1 Å². The van der Waals surface area contributed by atoms with Gasteiger partial charge in [-0.2, -0.15) is 0 Å². The van der Waals surface area contributed by atoms with Crippen LogP contribution in [0.5, 0.6) is 0 Å². The Morgan fingerprint density at radius 1 is 1.16 bits per heavy atom. The van der Waals surface area contributed by atoms with Crippen LogP contribution in [0, 0.1) is 0 Å². The second kappa shape index (κ2) is 5.36. The molecule has 1 aromatic carbocycles. The SMILES string of the molecule is CNCc1cnc(N2CCc3ccccc3C2)cn1. The van der Waals surface area contributed by atoms with Gasteiger partial charge in [-0.1, -0.05) is 24.3 Å². The Kier molecular flexibility index (Phi) is 3.42. The van der Waals surface area contributed by atoms with Crippen molar-refractivity contribution in [3.8, 4) is 0 Å². The highest BCUT2D eigenvalue weighted by Crippen LogP contribution is 2.22. The second-order valence-electron chi connectivity index (χ2n) is 4.84. The molecule has 0 unspecified atom stereocenters. The predicted octanol–water partition coefficient (Wildman–Crippen LogP) is 1.76. The summed E-state index contributed by atoms with van der Waals surface area (Å²) in [6.45, 7) is 2.70. The summed E-state index contributed by atoms with van der Waals surface area (Å²) in [6, 6.07) is 8.63. The first-order chi connectivity index (χ1) is 9.36. The fourth-order valence-corrected chi connectivity index (χ4v) is 2.47. The van der Waals surface area contributed by atoms with Gasteiger partial charge in [0.15, 0.2) is 0 Å². The minimum absolute atomic E-state index is 0.760. The van der Waals surface area contributed by atoms with Crippen molar-refractivity contribution in [3.05, 3.63) is 53.5 Å². The topological polar surface area (TPSA) is 41.1 Å². The molecule has 2 heterocycles. The largest absolute Gasteiger partial charge is 0.351 e. The van der Waals surface area contributed by atoms with Gasteiger partial charge in [0.25, 0.3) is 0 Å². The number of fused-ring (bicyclic) bond motifs is 1. The van der Waals surface area contributed by atoms with Crippen LogP contribution in [0.4, 0.5) is 5.82 Å². The summed E-state index contributed by atoms with van der Waals surface area (Å²) in [6.07, 6.45) is 4.81. The lowest BCUT2D eigenvalue weighted by Gasteiger charge is -2.29. The first-order valence-electron chi connectivity index (χ1n) is 6.64. The fourth-order valence-electron chi connectivity index (χ4n) is 2.47. The molecule has 0 fully saturated rings. The first-order valence-corrected chi connectivity index (χ1v) is 6.64. The lowest BCUT2D eigenvalue weighted by atomic mass is 10.0. The van der Waals surface area contributed by atoms with Crippen molar-refractivity contribution in [3.63, 3.8) is 0 Å². The Labute approximate surface area is 113 Å². The standard InChI is InChI=1S/C15H18N4/c1-16-8-14-9-18-15(10-17-14)19-7-6-12-4-2-3-5-13(12)11-19/h2-5,9-10,16H,6-8,11H2,1H3. The normalized spacial score (nSPS) is 14.3. The Morgan fingerprint density at radius 2 is 2.00 bits per heavy atom. The molecule has 0 amide bonds. The molecule has 1 aliphatic heterocycles. The molecule has 0 saturated heterocycles. The summed E-state index contributed by atoms with van der Waals surface area (Å²) in [5.41, 5.74) is 3.83. The number of benzene rings is 1. The van der Waals surface area contributed by atoms with Crippen LogP contribution in [-0.4, -0.2) is 23.6 Å². The van der Waals surface area contributed by atoms with Crippen LogP contribution in [0.2, 0.25) is 0 Å². The van der Waals surface area contributed by atoms with E-state index in [1.807, 2.05) is 19.4 Å². The highest BCUT2D eigenvalue weighted by molar-refractivity contribution is 5.42. The lowest BCUT2D eigenvalue weighted by molar-refractivity contribution is 0.713. The third kappa shape index (κ3) is 2.58. The summed E-state index contributed by atoms with van der Waals surface area (Å²) in [4.78, 5) is 11.2. The molecular weight excluding hydrogens is 236 g/mol. The maximum atomic E-state index is 4.52. The molecule has 1 N–H and O–H groups in total. The number of anilines is 1. The number of aromatic nitrogens is 2. The van der Waals surface area contributed by atoms with Crippen molar-refractivity contribution in [1.29, 1.82) is 0 Å². The van der Waals surface area contributed by atoms with E-state index in [-0.39, 0.29) is 0 Å². The zero-order chi connectivity index (χ0) is 13.1. The number of nitrogens with one attached hydrogen (secondary N) is 1. The maximum absolute atomic E-state index is 4.52. The third-order valence-corrected chi connectivity index (χ3v) is 3.50. The highest BCUT2D eigenvalue weighted by Gasteiger charge is 2.16. The molecule has 0 radical (unpaired) electrons. The monoisotopic (exact) mass is 254 g/mol. The third-order valence-electron chi connectivity index (χ3n) is 3.50. The summed E-state index contributed by atoms with van der Waals surface area (Å²) in [5, 5.41) is 3.08. The van der Waals surface area contributed by atoms with Gasteiger partial charge in [0.1, 0.15) is 5.82 Å². The smallest absolute Gasteiger partial charge is 0.147 e. The average molecular weight is 254 g/mol. The molecular formula is C15H18N4. The molecule has 98 valence electrons. The van der Waals surface area contributed by atoms with E-state index in [1.54, 1.807) is 0 Å². The van der Waals surface area contributed by atoms with E-state index in [9.17, 15) is 0 Å². The number of hydrogen-bond acceptors (Lipinski definition) is 4. The molecule has 2 aromatic rings. The highest BCUT2D eigenvalue weighted by atomic mass is 15.2. The van der Waals surface area contributed by atoms with Crippen LogP contribution < -0.4 is 10.2 Å². The van der Waals surface area contributed by atoms with Crippen LogP contribution in [-0.2, 0) is 19.5 Å². The molecule has 3 rings (SSSR count). The van der Waals surface area contributed by atoms with Gasteiger partial charge < -0.3 is 10.2 Å². The lowest BCUT2D eigenvalue weighted by Crippen LogP contribution is -2.31. The second-order valence-corrected chi connectivity index (χ2v) is 4.84. The van der Waals surface area contributed by atoms with Crippen molar-refractivity contribution in [2.75, 3.05) is 18.5 Å². The summed E-state index contributed by atoms with van der Waals surface area (Å²) >= 11 is 0. The molecule has 0 atom stereocenters. The molecule has 19 heavy (non-hydrogen) atoms. The molecule has 0 bridgehead atoms. The number of hydrogen-bond donors (Lipinski definition) is 1. The molecule has 1 aliphatic rings. The number of nitrogens with zero attached hydrogens (tertiary/aromatic N) is 3. The van der Waals surface area contributed by atoms with Crippen LogP contribution >= 0.6 is 0 Å². The van der Waals surface area contributed by atoms with E-state index in [0.717, 1.165) is 37.6 Å². The first kappa shape index (κ1) is 12.1. The Morgan fingerprint density at radius 3 is 2.74 bits per heavy atom. The summed E-state index contributed by atoms with van der Waals surface area (Å²) in [5.74, 6) is 0.967. The van der Waals surface area contributed by atoms with E-state index < -0.39 is 0 Å². The minimum Gasteiger partial charge on any atom is -0.351 e. The van der Waals surface area contributed by atoms with Crippen LogP contribution in [0.3, 0.4) is 0 Å². The van der Waals surface area contributed by atoms with E-state index in [2.05, 4.69) is 44.5 Å². The van der Waals surface area contributed by atoms with Gasteiger partial charge >= 0.3 is 0 Å². The van der Waals surface area contributed by atoms with E-state index in [4.69, 9.17) is 0 Å². The quantitative estimate of drug-likeness (QED) is 0.906. The molecule has 0 spiro atoms. The molecule has 0 saturated carbocycles.